The SMILES string of the molecule is Cc1cc(C)n(-c2nc(Nc3ccccc3)nc(NC(C)C)n2)n1. The molecule has 0 radical (unpaired) electrons. The molecule has 0 aliphatic rings. The average Bonchev–Trinajstić information content (AvgIpc) is 2.86. The minimum absolute atomic E-state index is 0.213. The first-order valence-electron chi connectivity index (χ1n) is 7.89. The van der Waals surface area contributed by atoms with Crippen LogP contribution in [0.5, 0.6) is 0 Å². The normalized spacial score (nSPS) is 10.9. The molecule has 0 bridgehead atoms. The van der Waals surface area contributed by atoms with E-state index in [9.17, 15) is 0 Å². The number of rotatable bonds is 5. The van der Waals surface area contributed by atoms with Crippen LogP contribution < -0.4 is 10.6 Å². The van der Waals surface area contributed by atoms with Crippen molar-refractivity contribution in [3.8, 4) is 5.95 Å². The summed E-state index contributed by atoms with van der Waals surface area (Å²) in [7, 11) is 0. The van der Waals surface area contributed by atoms with Gasteiger partial charge in [0.2, 0.25) is 11.9 Å². The minimum atomic E-state index is 0.213. The topological polar surface area (TPSA) is 80.5 Å². The van der Waals surface area contributed by atoms with Crippen molar-refractivity contribution in [2.24, 2.45) is 0 Å². The Balaban J connectivity index is 2.01. The number of aryl methyl sites for hydroxylation is 2. The average molecular weight is 323 g/mol. The lowest BCUT2D eigenvalue weighted by molar-refractivity contribution is 0.761. The van der Waals surface area contributed by atoms with Gasteiger partial charge in [0.15, 0.2) is 0 Å². The summed E-state index contributed by atoms with van der Waals surface area (Å²) in [5.41, 5.74) is 2.81. The maximum atomic E-state index is 4.51. The van der Waals surface area contributed by atoms with E-state index in [1.165, 1.54) is 0 Å². The van der Waals surface area contributed by atoms with E-state index in [2.05, 4.69) is 30.7 Å². The van der Waals surface area contributed by atoms with E-state index in [0.29, 0.717) is 17.8 Å². The first-order chi connectivity index (χ1) is 11.5. The fraction of sp³-hybridized carbons (Fsp3) is 0.294. The van der Waals surface area contributed by atoms with Crippen molar-refractivity contribution in [3.63, 3.8) is 0 Å². The zero-order valence-electron chi connectivity index (χ0n) is 14.3. The highest BCUT2D eigenvalue weighted by atomic mass is 15.4. The molecule has 0 fully saturated rings. The van der Waals surface area contributed by atoms with Gasteiger partial charge in [0.05, 0.1) is 5.69 Å². The van der Waals surface area contributed by atoms with Gasteiger partial charge < -0.3 is 10.6 Å². The van der Waals surface area contributed by atoms with Crippen molar-refractivity contribution in [1.29, 1.82) is 0 Å². The van der Waals surface area contributed by atoms with Crippen molar-refractivity contribution >= 4 is 17.6 Å². The molecule has 7 heteroatoms. The second-order valence-electron chi connectivity index (χ2n) is 5.91. The summed E-state index contributed by atoms with van der Waals surface area (Å²) in [6.07, 6.45) is 0. The Morgan fingerprint density at radius 3 is 2.29 bits per heavy atom. The van der Waals surface area contributed by atoms with Gasteiger partial charge in [0.1, 0.15) is 0 Å². The van der Waals surface area contributed by atoms with Gasteiger partial charge in [0, 0.05) is 17.4 Å². The molecule has 2 heterocycles. The number of nitrogens with zero attached hydrogens (tertiary/aromatic N) is 5. The fourth-order valence-corrected chi connectivity index (χ4v) is 2.32. The molecule has 1 aromatic carbocycles. The van der Waals surface area contributed by atoms with Gasteiger partial charge in [0.25, 0.3) is 5.95 Å². The van der Waals surface area contributed by atoms with Crippen LogP contribution in [0, 0.1) is 13.8 Å². The second kappa shape index (κ2) is 6.66. The maximum Gasteiger partial charge on any atom is 0.257 e. The summed E-state index contributed by atoms with van der Waals surface area (Å²) >= 11 is 0. The lowest BCUT2D eigenvalue weighted by atomic mass is 10.3. The lowest BCUT2D eigenvalue weighted by Gasteiger charge is -2.12. The molecule has 124 valence electrons. The Kier molecular flexibility index (Phi) is 4.41. The van der Waals surface area contributed by atoms with E-state index in [0.717, 1.165) is 17.1 Å². The first kappa shape index (κ1) is 15.9. The summed E-state index contributed by atoms with van der Waals surface area (Å²) in [6, 6.07) is 12.0. The van der Waals surface area contributed by atoms with Crippen LogP contribution in [0.1, 0.15) is 25.2 Å². The molecular formula is C17H21N7. The summed E-state index contributed by atoms with van der Waals surface area (Å²) in [4.78, 5) is 13.4. The maximum absolute atomic E-state index is 4.51. The number of aromatic nitrogens is 5. The number of anilines is 3. The van der Waals surface area contributed by atoms with Crippen LogP contribution in [0.15, 0.2) is 36.4 Å². The van der Waals surface area contributed by atoms with Crippen LogP contribution >= 0.6 is 0 Å². The highest BCUT2D eigenvalue weighted by Gasteiger charge is 2.12. The van der Waals surface area contributed by atoms with Crippen LogP contribution in [-0.4, -0.2) is 30.8 Å². The third-order valence-electron chi connectivity index (χ3n) is 3.27. The lowest BCUT2D eigenvalue weighted by Crippen LogP contribution is -2.16. The highest BCUT2D eigenvalue weighted by molar-refractivity contribution is 5.54. The Bertz CT molecular complexity index is 824. The van der Waals surface area contributed by atoms with E-state index in [1.807, 2.05) is 64.1 Å². The van der Waals surface area contributed by atoms with Gasteiger partial charge in [-0.3, -0.25) is 0 Å². The molecule has 2 N–H and O–H groups in total. The van der Waals surface area contributed by atoms with Gasteiger partial charge >= 0.3 is 0 Å². The number of hydrogen-bond acceptors (Lipinski definition) is 6. The number of benzene rings is 1. The van der Waals surface area contributed by atoms with Crippen LogP contribution in [0.2, 0.25) is 0 Å². The van der Waals surface area contributed by atoms with Crippen molar-refractivity contribution in [2.75, 3.05) is 10.6 Å². The van der Waals surface area contributed by atoms with Crippen LogP contribution in [-0.2, 0) is 0 Å². The first-order valence-corrected chi connectivity index (χ1v) is 7.89. The monoisotopic (exact) mass is 323 g/mol. The van der Waals surface area contributed by atoms with Gasteiger partial charge in [-0.25, -0.2) is 4.68 Å². The van der Waals surface area contributed by atoms with E-state index >= 15 is 0 Å². The molecule has 0 aliphatic carbocycles. The molecule has 0 spiro atoms. The van der Waals surface area contributed by atoms with E-state index in [1.54, 1.807) is 4.68 Å². The van der Waals surface area contributed by atoms with Crippen LogP contribution in [0.25, 0.3) is 5.95 Å². The van der Waals surface area contributed by atoms with Crippen molar-refractivity contribution in [2.45, 2.75) is 33.7 Å². The number of hydrogen-bond donors (Lipinski definition) is 2. The molecule has 24 heavy (non-hydrogen) atoms. The van der Waals surface area contributed by atoms with Crippen LogP contribution in [0.4, 0.5) is 17.6 Å². The summed E-state index contributed by atoms with van der Waals surface area (Å²) < 4.78 is 1.72. The molecule has 0 atom stereocenters. The van der Waals surface area contributed by atoms with E-state index in [4.69, 9.17) is 0 Å². The molecule has 3 aromatic rings. The number of para-hydroxylation sites is 1. The molecule has 0 saturated carbocycles. The highest BCUT2D eigenvalue weighted by Crippen LogP contribution is 2.16. The largest absolute Gasteiger partial charge is 0.352 e. The minimum Gasteiger partial charge on any atom is -0.352 e. The smallest absolute Gasteiger partial charge is 0.257 e. The van der Waals surface area contributed by atoms with E-state index < -0.39 is 0 Å². The Morgan fingerprint density at radius 1 is 0.958 bits per heavy atom. The Hall–Kier alpha value is -2.96. The zero-order chi connectivity index (χ0) is 17.1. The molecule has 7 nitrogen and oxygen atoms in total. The number of nitrogens with one attached hydrogen (secondary N) is 2. The van der Waals surface area contributed by atoms with Crippen LogP contribution in [0.3, 0.4) is 0 Å². The van der Waals surface area contributed by atoms with Gasteiger partial charge in [-0.2, -0.15) is 20.1 Å². The van der Waals surface area contributed by atoms with Gasteiger partial charge in [-0.1, -0.05) is 18.2 Å². The molecule has 2 aromatic heterocycles. The van der Waals surface area contributed by atoms with E-state index in [-0.39, 0.29) is 6.04 Å². The standard InChI is InChI=1S/C17H21N7/c1-11(2)18-15-20-16(19-14-8-6-5-7-9-14)22-17(21-15)24-13(4)10-12(3)23-24/h5-11H,1-4H3,(H2,18,19,20,21,22). The molecule has 0 unspecified atom stereocenters. The summed E-state index contributed by atoms with van der Waals surface area (Å²) in [5, 5.41) is 10.9. The molecule has 0 saturated heterocycles. The quantitative estimate of drug-likeness (QED) is 0.750. The summed E-state index contributed by atoms with van der Waals surface area (Å²) in [5.74, 6) is 1.47. The predicted molar refractivity (Wildman–Crippen MR) is 94.9 cm³/mol. The Labute approximate surface area is 141 Å². The molecule has 3 rings (SSSR count). The molecule has 0 aliphatic heterocycles. The van der Waals surface area contributed by atoms with Gasteiger partial charge in [-0.15, -0.1) is 0 Å². The molecule has 0 amide bonds. The molecular weight excluding hydrogens is 302 g/mol. The summed E-state index contributed by atoms with van der Waals surface area (Å²) in [6.45, 7) is 8.00. The van der Waals surface area contributed by atoms with Crippen molar-refractivity contribution < 1.29 is 0 Å². The third-order valence-corrected chi connectivity index (χ3v) is 3.27. The van der Waals surface area contributed by atoms with Crippen molar-refractivity contribution in [3.05, 3.63) is 47.8 Å². The zero-order valence-corrected chi connectivity index (χ0v) is 14.3. The predicted octanol–water partition coefficient (Wildman–Crippen LogP) is 3.24. The Morgan fingerprint density at radius 2 is 1.67 bits per heavy atom. The second-order valence-corrected chi connectivity index (χ2v) is 5.91. The van der Waals surface area contributed by atoms with Gasteiger partial charge in [-0.05, 0) is 45.9 Å². The fourth-order valence-electron chi connectivity index (χ4n) is 2.32. The third kappa shape index (κ3) is 3.68. The van der Waals surface area contributed by atoms with Crippen molar-refractivity contribution in [1.82, 2.24) is 24.7 Å².